The molecule has 1 saturated heterocycles. The highest BCUT2D eigenvalue weighted by atomic mass is 16.2. The van der Waals surface area contributed by atoms with Gasteiger partial charge in [-0.15, -0.1) is 0 Å². The van der Waals surface area contributed by atoms with Gasteiger partial charge in [0.05, 0.1) is 0 Å². The maximum Gasteiger partial charge on any atom is 0.246 e. The molecule has 1 aromatic carbocycles. The molecular formula is C17H22N4O. The van der Waals surface area contributed by atoms with E-state index >= 15 is 0 Å². The molecular weight excluding hydrogens is 276 g/mol. The van der Waals surface area contributed by atoms with Gasteiger partial charge in [0.1, 0.15) is 6.04 Å². The summed E-state index contributed by atoms with van der Waals surface area (Å²) in [6.45, 7) is 7.92. The lowest BCUT2D eigenvalue weighted by atomic mass is 10.0. The second-order valence-electron chi connectivity index (χ2n) is 5.40. The summed E-state index contributed by atoms with van der Waals surface area (Å²) in [5.74, 6) is -0.0372. The molecule has 1 heterocycles. The van der Waals surface area contributed by atoms with Crippen molar-refractivity contribution in [3.05, 3.63) is 48.2 Å². The van der Waals surface area contributed by atoms with Crippen LogP contribution in [0.4, 0.5) is 5.69 Å². The fraction of sp³-hybridized carbons (Fsp3) is 0.294. The lowest BCUT2D eigenvalue weighted by molar-refractivity contribution is -0.125. The summed E-state index contributed by atoms with van der Waals surface area (Å²) >= 11 is 0. The molecule has 1 unspecified atom stereocenters. The second-order valence-corrected chi connectivity index (χ2v) is 5.40. The van der Waals surface area contributed by atoms with Gasteiger partial charge < -0.3 is 20.9 Å². The summed E-state index contributed by atoms with van der Waals surface area (Å²) in [5, 5.41) is 13.3. The van der Waals surface area contributed by atoms with Gasteiger partial charge in [0.25, 0.3) is 0 Å². The molecule has 1 atom stereocenters. The van der Waals surface area contributed by atoms with Crippen molar-refractivity contribution in [2.45, 2.75) is 18.9 Å². The lowest BCUT2D eigenvalue weighted by Gasteiger charge is -2.34. The van der Waals surface area contributed by atoms with Crippen LogP contribution in [0.1, 0.15) is 24.0 Å². The highest BCUT2D eigenvalue weighted by Crippen LogP contribution is 2.26. The number of likely N-dealkylation sites (N-methyl/N-ethyl adjacent to an activating group) is 1. The van der Waals surface area contributed by atoms with Gasteiger partial charge in [-0.3, -0.25) is 4.79 Å². The molecule has 2 rings (SSSR count). The van der Waals surface area contributed by atoms with Gasteiger partial charge in [-0.05, 0) is 24.5 Å². The maximum atomic E-state index is 12.1. The Morgan fingerprint density at radius 2 is 2.27 bits per heavy atom. The van der Waals surface area contributed by atoms with Gasteiger partial charge >= 0.3 is 0 Å². The number of allylic oxidation sites excluding steroid dienone is 1. The number of nitrogens with zero attached hydrogens (tertiary/aromatic N) is 1. The normalized spacial score (nSPS) is 17.6. The van der Waals surface area contributed by atoms with E-state index in [-0.39, 0.29) is 11.9 Å². The van der Waals surface area contributed by atoms with E-state index in [9.17, 15) is 4.79 Å². The van der Waals surface area contributed by atoms with E-state index in [0.717, 1.165) is 41.1 Å². The zero-order chi connectivity index (χ0) is 16.3. The van der Waals surface area contributed by atoms with Crippen molar-refractivity contribution < 1.29 is 4.79 Å². The van der Waals surface area contributed by atoms with Gasteiger partial charge in [-0.25, -0.2) is 0 Å². The third-order valence-corrected chi connectivity index (χ3v) is 4.03. The number of amides is 1. The summed E-state index contributed by atoms with van der Waals surface area (Å²) in [7, 11) is 3.70. The minimum absolute atomic E-state index is 0.0372. The van der Waals surface area contributed by atoms with Crippen LogP contribution in [-0.4, -0.2) is 37.2 Å². The van der Waals surface area contributed by atoms with Crippen LogP contribution in [0.2, 0.25) is 0 Å². The fourth-order valence-corrected chi connectivity index (χ4v) is 2.60. The van der Waals surface area contributed by atoms with Crippen LogP contribution in [0.3, 0.4) is 0 Å². The minimum atomic E-state index is -0.238. The Kier molecular flexibility index (Phi) is 4.65. The first-order valence-electron chi connectivity index (χ1n) is 7.21. The third-order valence-electron chi connectivity index (χ3n) is 4.03. The first kappa shape index (κ1) is 15.8. The Bertz CT molecular complexity index is 636. The molecule has 3 N–H and O–H groups in total. The first-order valence-corrected chi connectivity index (χ1v) is 7.21. The molecule has 22 heavy (non-hydrogen) atoms. The van der Waals surface area contributed by atoms with Crippen molar-refractivity contribution >= 4 is 23.5 Å². The highest BCUT2D eigenvalue weighted by molar-refractivity contribution is 5.88. The van der Waals surface area contributed by atoms with Crippen LogP contribution in [0, 0.1) is 5.41 Å². The molecule has 5 nitrogen and oxygen atoms in total. The monoisotopic (exact) mass is 298 g/mol. The van der Waals surface area contributed by atoms with E-state index < -0.39 is 0 Å². The SMILES string of the molecule is C=C1CCC(N(C)C(=C)c2ccc(C=N)c(NC)c2)C(=O)N1. The number of carbonyl (C=O) groups is 1. The molecule has 1 fully saturated rings. The fourth-order valence-electron chi connectivity index (χ4n) is 2.60. The van der Waals surface area contributed by atoms with Gasteiger partial charge in [-0.2, -0.15) is 0 Å². The molecule has 0 spiro atoms. The number of anilines is 1. The van der Waals surface area contributed by atoms with E-state index in [0.29, 0.717) is 0 Å². The Balaban J connectivity index is 2.22. The second kappa shape index (κ2) is 6.47. The van der Waals surface area contributed by atoms with Gasteiger partial charge in [0.15, 0.2) is 0 Å². The summed E-state index contributed by atoms with van der Waals surface area (Å²) in [6.07, 6.45) is 2.82. The molecule has 0 saturated carbocycles. The van der Waals surface area contributed by atoms with Crippen LogP contribution < -0.4 is 10.6 Å². The maximum absolute atomic E-state index is 12.1. The van der Waals surface area contributed by atoms with Gasteiger partial charge in [-0.1, -0.05) is 25.3 Å². The summed E-state index contributed by atoms with van der Waals surface area (Å²) < 4.78 is 0. The molecule has 0 radical (unpaired) electrons. The molecule has 1 aromatic rings. The third kappa shape index (κ3) is 3.03. The van der Waals surface area contributed by atoms with E-state index in [4.69, 9.17) is 5.41 Å². The Morgan fingerprint density at radius 1 is 1.55 bits per heavy atom. The average Bonchev–Trinajstić information content (AvgIpc) is 2.52. The van der Waals surface area contributed by atoms with Crippen molar-refractivity contribution in [1.82, 2.24) is 10.2 Å². The molecule has 1 aliphatic rings. The molecule has 1 aliphatic heterocycles. The topological polar surface area (TPSA) is 68.2 Å². The molecule has 0 aliphatic carbocycles. The van der Waals surface area contributed by atoms with Crippen LogP contribution in [0.15, 0.2) is 37.1 Å². The predicted molar refractivity (Wildman–Crippen MR) is 91.0 cm³/mol. The number of rotatable bonds is 5. The minimum Gasteiger partial charge on any atom is -0.388 e. The smallest absolute Gasteiger partial charge is 0.246 e. The summed E-state index contributed by atoms with van der Waals surface area (Å²) in [6, 6.07) is 5.49. The van der Waals surface area contributed by atoms with Crippen LogP contribution >= 0.6 is 0 Å². The molecule has 5 heteroatoms. The van der Waals surface area contributed by atoms with Crippen molar-refractivity contribution in [3.8, 4) is 0 Å². The molecule has 1 amide bonds. The number of carbonyl (C=O) groups excluding carboxylic acids is 1. The Morgan fingerprint density at radius 3 is 2.86 bits per heavy atom. The predicted octanol–water partition coefficient (Wildman–Crippen LogP) is 2.42. The Labute approximate surface area is 131 Å². The number of benzene rings is 1. The largest absolute Gasteiger partial charge is 0.388 e. The van der Waals surface area contributed by atoms with E-state index in [2.05, 4.69) is 23.8 Å². The van der Waals surface area contributed by atoms with E-state index in [1.165, 1.54) is 6.21 Å². The van der Waals surface area contributed by atoms with E-state index in [1.807, 2.05) is 37.2 Å². The average molecular weight is 298 g/mol. The van der Waals surface area contributed by atoms with Crippen molar-refractivity contribution in [3.63, 3.8) is 0 Å². The van der Waals surface area contributed by atoms with Crippen LogP contribution in [0.5, 0.6) is 0 Å². The lowest BCUT2D eigenvalue weighted by Crippen LogP contribution is -2.47. The van der Waals surface area contributed by atoms with Crippen molar-refractivity contribution in [2.24, 2.45) is 0 Å². The van der Waals surface area contributed by atoms with Gasteiger partial charge in [0.2, 0.25) is 5.91 Å². The van der Waals surface area contributed by atoms with Crippen molar-refractivity contribution in [2.75, 3.05) is 19.4 Å². The highest BCUT2D eigenvalue weighted by Gasteiger charge is 2.28. The molecule has 116 valence electrons. The first-order chi connectivity index (χ1) is 10.5. The zero-order valence-electron chi connectivity index (χ0n) is 13.1. The number of piperidine rings is 1. The van der Waals surface area contributed by atoms with Crippen LogP contribution in [-0.2, 0) is 4.79 Å². The standard InChI is InChI=1S/C17H22N4O/c1-11-5-8-16(17(22)20-11)21(4)12(2)13-6-7-14(10-18)15(9-13)19-3/h6-7,9-10,16,18-19H,1-2,5,8H2,3-4H3,(H,20,22). The summed E-state index contributed by atoms with van der Waals surface area (Å²) in [5.41, 5.74) is 4.15. The quantitative estimate of drug-likeness (QED) is 0.731. The Hall–Kier alpha value is -2.56. The molecule has 0 bridgehead atoms. The number of nitrogens with one attached hydrogen (secondary N) is 3. The van der Waals surface area contributed by atoms with Crippen molar-refractivity contribution in [1.29, 1.82) is 5.41 Å². The van der Waals surface area contributed by atoms with Gasteiger partial charge in [0, 0.05) is 43.0 Å². The van der Waals surface area contributed by atoms with Crippen LogP contribution in [0.25, 0.3) is 5.70 Å². The zero-order valence-corrected chi connectivity index (χ0v) is 13.1. The summed E-state index contributed by atoms with van der Waals surface area (Å²) in [4.78, 5) is 14.0. The van der Waals surface area contributed by atoms with E-state index in [1.54, 1.807) is 0 Å². The number of hydrogen-bond acceptors (Lipinski definition) is 4. The number of hydrogen-bond donors (Lipinski definition) is 3. The molecule has 0 aromatic heterocycles.